The Balaban J connectivity index is 1.94. The Morgan fingerprint density at radius 2 is 1.71 bits per heavy atom. The standard InChI is InChI=1S/C16H24Cl2N2O/c1-19(2)11-16(12-21)3-5-20(6-4-16)10-13-7-14(17)9-15(18)8-13/h7-9,21H,3-6,10-12H2,1-2H3. The van der Waals surface area contributed by atoms with Crippen LogP contribution in [0.2, 0.25) is 10.0 Å². The molecule has 0 aromatic heterocycles. The molecule has 118 valence electrons. The molecule has 0 spiro atoms. The van der Waals surface area contributed by atoms with Gasteiger partial charge >= 0.3 is 0 Å². The van der Waals surface area contributed by atoms with Crippen molar-refractivity contribution in [3.05, 3.63) is 33.8 Å². The summed E-state index contributed by atoms with van der Waals surface area (Å²) in [6.45, 7) is 4.07. The number of nitrogens with zero attached hydrogens (tertiary/aromatic N) is 2. The van der Waals surface area contributed by atoms with Gasteiger partial charge < -0.3 is 10.0 Å². The summed E-state index contributed by atoms with van der Waals surface area (Å²) >= 11 is 12.1. The van der Waals surface area contributed by atoms with Gasteiger partial charge in [0.15, 0.2) is 0 Å². The van der Waals surface area contributed by atoms with Crippen molar-refractivity contribution >= 4 is 23.2 Å². The van der Waals surface area contributed by atoms with E-state index in [0.29, 0.717) is 10.0 Å². The number of aliphatic hydroxyl groups is 1. The molecule has 1 aromatic carbocycles. The van der Waals surface area contributed by atoms with E-state index in [4.69, 9.17) is 23.2 Å². The summed E-state index contributed by atoms with van der Waals surface area (Å²) < 4.78 is 0. The van der Waals surface area contributed by atoms with Crippen molar-refractivity contribution in [2.45, 2.75) is 19.4 Å². The first-order valence-electron chi connectivity index (χ1n) is 7.35. The molecule has 1 aliphatic heterocycles. The van der Waals surface area contributed by atoms with Crippen molar-refractivity contribution in [1.82, 2.24) is 9.80 Å². The molecule has 0 aliphatic carbocycles. The number of hydrogen-bond donors (Lipinski definition) is 1. The average molecular weight is 331 g/mol. The van der Waals surface area contributed by atoms with Gasteiger partial charge in [-0.1, -0.05) is 23.2 Å². The SMILES string of the molecule is CN(C)CC1(CO)CCN(Cc2cc(Cl)cc(Cl)c2)CC1. The smallest absolute Gasteiger partial charge is 0.0500 e. The fourth-order valence-electron chi connectivity index (χ4n) is 3.18. The minimum Gasteiger partial charge on any atom is -0.396 e. The van der Waals surface area contributed by atoms with Crippen LogP contribution in [0.5, 0.6) is 0 Å². The van der Waals surface area contributed by atoms with Crippen molar-refractivity contribution in [3.63, 3.8) is 0 Å². The minimum atomic E-state index is 0.0476. The third kappa shape index (κ3) is 4.83. The molecule has 0 unspecified atom stereocenters. The van der Waals surface area contributed by atoms with Crippen molar-refractivity contribution in [3.8, 4) is 0 Å². The summed E-state index contributed by atoms with van der Waals surface area (Å²) in [5.41, 5.74) is 1.20. The molecular weight excluding hydrogens is 307 g/mol. The van der Waals surface area contributed by atoms with E-state index in [1.807, 2.05) is 12.1 Å². The van der Waals surface area contributed by atoms with Crippen LogP contribution in [0, 0.1) is 5.41 Å². The van der Waals surface area contributed by atoms with E-state index >= 15 is 0 Å². The minimum absolute atomic E-state index is 0.0476. The summed E-state index contributed by atoms with van der Waals surface area (Å²) in [6, 6.07) is 5.71. The second-order valence-electron chi connectivity index (χ2n) is 6.45. The average Bonchev–Trinajstić information content (AvgIpc) is 2.39. The molecule has 1 heterocycles. The van der Waals surface area contributed by atoms with Crippen LogP contribution in [0.25, 0.3) is 0 Å². The molecule has 1 aliphatic rings. The first-order valence-corrected chi connectivity index (χ1v) is 8.11. The highest BCUT2D eigenvalue weighted by Gasteiger charge is 2.34. The summed E-state index contributed by atoms with van der Waals surface area (Å²) in [4.78, 5) is 4.58. The van der Waals surface area contributed by atoms with Crippen LogP contribution in [0.4, 0.5) is 0 Å². The van der Waals surface area contributed by atoms with Crippen LogP contribution in [0.3, 0.4) is 0 Å². The van der Waals surface area contributed by atoms with E-state index < -0.39 is 0 Å². The predicted octanol–water partition coefficient (Wildman–Crippen LogP) is 3.13. The number of hydrogen-bond acceptors (Lipinski definition) is 3. The highest BCUT2D eigenvalue weighted by molar-refractivity contribution is 6.34. The third-order valence-electron chi connectivity index (χ3n) is 4.23. The number of likely N-dealkylation sites (tertiary alicyclic amines) is 1. The monoisotopic (exact) mass is 330 g/mol. The van der Waals surface area contributed by atoms with E-state index in [-0.39, 0.29) is 12.0 Å². The zero-order chi connectivity index (χ0) is 15.5. The first kappa shape index (κ1) is 17.0. The van der Waals surface area contributed by atoms with E-state index in [0.717, 1.165) is 44.6 Å². The van der Waals surface area contributed by atoms with E-state index in [1.54, 1.807) is 6.07 Å². The Bertz CT molecular complexity index is 451. The summed E-state index contributed by atoms with van der Waals surface area (Å²) in [5, 5.41) is 11.1. The van der Waals surface area contributed by atoms with Gasteiger partial charge in [-0.25, -0.2) is 0 Å². The number of rotatable bonds is 5. The maximum Gasteiger partial charge on any atom is 0.0500 e. The quantitative estimate of drug-likeness (QED) is 0.898. The number of benzene rings is 1. The van der Waals surface area contributed by atoms with Crippen LogP contribution in [-0.2, 0) is 6.54 Å². The third-order valence-corrected chi connectivity index (χ3v) is 4.67. The zero-order valence-corrected chi connectivity index (χ0v) is 14.3. The molecule has 0 amide bonds. The summed E-state index contributed by atoms with van der Waals surface area (Å²) in [7, 11) is 4.13. The molecule has 5 heteroatoms. The van der Waals surface area contributed by atoms with Gasteiger partial charge in [0.05, 0.1) is 6.61 Å². The van der Waals surface area contributed by atoms with Gasteiger partial charge in [-0.2, -0.15) is 0 Å². The van der Waals surface area contributed by atoms with Crippen molar-refractivity contribution < 1.29 is 5.11 Å². The molecule has 0 bridgehead atoms. The van der Waals surface area contributed by atoms with Crippen LogP contribution < -0.4 is 0 Å². The summed E-state index contributed by atoms with van der Waals surface area (Å²) in [5.74, 6) is 0. The molecule has 3 nitrogen and oxygen atoms in total. The van der Waals surface area contributed by atoms with Gasteiger partial charge in [-0.05, 0) is 63.8 Å². The number of piperidine rings is 1. The molecule has 0 radical (unpaired) electrons. The molecule has 0 saturated carbocycles. The second kappa shape index (κ2) is 7.30. The lowest BCUT2D eigenvalue weighted by Gasteiger charge is -2.42. The van der Waals surface area contributed by atoms with E-state index in [9.17, 15) is 5.11 Å². The number of aliphatic hydroxyl groups excluding tert-OH is 1. The fourth-order valence-corrected chi connectivity index (χ4v) is 3.75. The molecule has 1 fully saturated rings. The van der Waals surface area contributed by atoms with Gasteiger partial charge in [-0.3, -0.25) is 4.90 Å². The maximum absolute atomic E-state index is 9.76. The summed E-state index contributed by atoms with van der Waals surface area (Å²) in [6.07, 6.45) is 2.05. The second-order valence-corrected chi connectivity index (χ2v) is 7.32. The van der Waals surface area contributed by atoms with Gasteiger partial charge in [0.1, 0.15) is 0 Å². The number of halogens is 2. The molecule has 1 aromatic rings. The zero-order valence-electron chi connectivity index (χ0n) is 12.8. The lowest BCUT2D eigenvalue weighted by Crippen LogP contribution is -2.46. The fraction of sp³-hybridized carbons (Fsp3) is 0.625. The largest absolute Gasteiger partial charge is 0.396 e. The molecule has 21 heavy (non-hydrogen) atoms. The Kier molecular flexibility index (Phi) is 5.92. The van der Waals surface area contributed by atoms with Crippen LogP contribution >= 0.6 is 23.2 Å². The molecule has 2 rings (SSSR count). The van der Waals surface area contributed by atoms with Crippen molar-refractivity contribution in [2.75, 3.05) is 40.3 Å². The van der Waals surface area contributed by atoms with E-state index in [1.165, 1.54) is 0 Å². The van der Waals surface area contributed by atoms with Crippen molar-refractivity contribution in [2.24, 2.45) is 5.41 Å². The van der Waals surface area contributed by atoms with Crippen LogP contribution in [0.1, 0.15) is 18.4 Å². The first-order chi connectivity index (χ1) is 9.92. The van der Waals surface area contributed by atoms with Gasteiger partial charge in [0, 0.05) is 28.5 Å². The van der Waals surface area contributed by atoms with Gasteiger partial charge in [-0.15, -0.1) is 0 Å². The Morgan fingerprint density at radius 3 is 2.19 bits per heavy atom. The Labute approximate surface area is 137 Å². The van der Waals surface area contributed by atoms with Gasteiger partial charge in [0.25, 0.3) is 0 Å². The predicted molar refractivity (Wildman–Crippen MR) is 89.0 cm³/mol. The van der Waals surface area contributed by atoms with Crippen LogP contribution in [-0.4, -0.2) is 55.2 Å². The lowest BCUT2D eigenvalue weighted by atomic mass is 9.78. The molecule has 1 N–H and O–H groups in total. The van der Waals surface area contributed by atoms with E-state index in [2.05, 4.69) is 23.9 Å². The maximum atomic E-state index is 9.76. The lowest BCUT2D eigenvalue weighted by molar-refractivity contribution is 0.0219. The Morgan fingerprint density at radius 1 is 1.14 bits per heavy atom. The topological polar surface area (TPSA) is 26.7 Å². The Hall–Kier alpha value is -0.320. The van der Waals surface area contributed by atoms with Crippen molar-refractivity contribution in [1.29, 1.82) is 0 Å². The molecular formula is C16H24Cl2N2O. The normalized spacial score (nSPS) is 19.1. The molecule has 0 atom stereocenters. The molecule has 1 saturated heterocycles. The highest BCUT2D eigenvalue weighted by atomic mass is 35.5. The van der Waals surface area contributed by atoms with Crippen LogP contribution in [0.15, 0.2) is 18.2 Å². The highest BCUT2D eigenvalue weighted by Crippen LogP contribution is 2.32. The van der Waals surface area contributed by atoms with Gasteiger partial charge in [0.2, 0.25) is 0 Å².